The molecule has 3 rings (SSSR count). The molecule has 1 aliphatic rings. The van der Waals surface area contributed by atoms with Gasteiger partial charge in [0.1, 0.15) is 0 Å². The van der Waals surface area contributed by atoms with E-state index in [2.05, 4.69) is 37.0 Å². The van der Waals surface area contributed by atoms with Crippen LogP contribution in [0.5, 0.6) is 0 Å². The topological polar surface area (TPSA) is 12.9 Å². The molecule has 1 heterocycles. The lowest BCUT2D eigenvalue weighted by Gasteiger charge is -2.13. The van der Waals surface area contributed by atoms with E-state index in [0.29, 0.717) is 21.9 Å². The maximum atomic E-state index is 6.43. The molecular weight excluding hydrogens is 289 g/mol. The van der Waals surface area contributed by atoms with E-state index in [4.69, 9.17) is 23.2 Å². The van der Waals surface area contributed by atoms with Gasteiger partial charge >= 0.3 is 0 Å². The van der Waals surface area contributed by atoms with Crippen molar-refractivity contribution in [1.29, 1.82) is 0 Å². The second-order valence-corrected chi connectivity index (χ2v) is 6.49. The fourth-order valence-corrected chi connectivity index (χ4v) is 3.08. The van der Waals surface area contributed by atoms with Gasteiger partial charge in [0, 0.05) is 28.9 Å². The molecule has 1 aromatic heterocycles. The van der Waals surface area contributed by atoms with Gasteiger partial charge in [0.15, 0.2) is 0 Å². The van der Waals surface area contributed by atoms with Crippen LogP contribution in [0.25, 0.3) is 11.1 Å². The zero-order valence-corrected chi connectivity index (χ0v) is 13.2. The third kappa shape index (κ3) is 2.57. The minimum Gasteiger partial charge on any atom is -0.260 e. The summed E-state index contributed by atoms with van der Waals surface area (Å²) in [5.74, 6) is 1.04. The van der Waals surface area contributed by atoms with Crippen molar-refractivity contribution in [1.82, 2.24) is 4.98 Å². The molecule has 1 aromatic carbocycles. The molecule has 2 aromatic rings. The van der Waals surface area contributed by atoms with Crippen molar-refractivity contribution < 1.29 is 0 Å². The fraction of sp³-hybridized carbons (Fsp3) is 0.353. The largest absolute Gasteiger partial charge is 0.260 e. The molecule has 0 N–H and O–H groups in total. The number of aromatic nitrogens is 1. The third-order valence-corrected chi connectivity index (χ3v) is 4.72. The zero-order chi connectivity index (χ0) is 14.3. The predicted molar refractivity (Wildman–Crippen MR) is 85.8 cm³/mol. The van der Waals surface area contributed by atoms with Gasteiger partial charge in [-0.1, -0.05) is 55.2 Å². The summed E-state index contributed by atoms with van der Waals surface area (Å²) < 4.78 is 0. The highest BCUT2D eigenvalue weighted by Gasteiger charge is 2.24. The van der Waals surface area contributed by atoms with Crippen LogP contribution in [0.3, 0.4) is 0 Å². The van der Waals surface area contributed by atoms with E-state index >= 15 is 0 Å². The molecule has 0 aliphatic heterocycles. The first-order valence-electron chi connectivity index (χ1n) is 7.02. The van der Waals surface area contributed by atoms with Gasteiger partial charge < -0.3 is 0 Å². The van der Waals surface area contributed by atoms with Gasteiger partial charge in [-0.2, -0.15) is 0 Å². The molecule has 20 heavy (non-hydrogen) atoms. The Labute approximate surface area is 129 Å². The van der Waals surface area contributed by atoms with Crippen molar-refractivity contribution in [2.24, 2.45) is 0 Å². The summed E-state index contributed by atoms with van der Waals surface area (Å²) >= 11 is 12.8. The summed E-state index contributed by atoms with van der Waals surface area (Å²) in [5, 5.41) is 1.28. The van der Waals surface area contributed by atoms with Crippen molar-refractivity contribution in [2.75, 3.05) is 0 Å². The second-order valence-electron chi connectivity index (χ2n) is 5.73. The van der Waals surface area contributed by atoms with Gasteiger partial charge in [-0.05, 0) is 30.4 Å². The van der Waals surface area contributed by atoms with Crippen LogP contribution in [0.1, 0.15) is 49.8 Å². The number of nitrogens with zero attached hydrogens (tertiary/aromatic N) is 1. The monoisotopic (exact) mass is 305 g/mol. The minimum atomic E-state index is 0.365. The van der Waals surface area contributed by atoms with Crippen molar-refractivity contribution in [2.45, 2.75) is 38.5 Å². The summed E-state index contributed by atoms with van der Waals surface area (Å²) in [7, 11) is 0. The second kappa shape index (κ2) is 5.38. The molecule has 104 valence electrons. The van der Waals surface area contributed by atoms with E-state index in [1.807, 2.05) is 12.3 Å². The van der Waals surface area contributed by atoms with Crippen LogP contribution < -0.4 is 0 Å². The zero-order valence-electron chi connectivity index (χ0n) is 11.7. The lowest BCUT2D eigenvalue weighted by atomic mass is 9.99. The molecule has 0 amide bonds. The van der Waals surface area contributed by atoms with Crippen molar-refractivity contribution in [3.05, 3.63) is 51.8 Å². The normalized spacial score (nSPS) is 14.8. The molecule has 0 spiro atoms. The number of benzene rings is 1. The lowest BCUT2D eigenvalue weighted by molar-refractivity contribution is 0.867. The number of pyridine rings is 1. The SMILES string of the molecule is CC(C)c1ccc(-c2ccc(C3CC3)nc2)c(Cl)c1Cl. The molecule has 1 aliphatic carbocycles. The van der Waals surface area contributed by atoms with Gasteiger partial charge in [-0.25, -0.2) is 0 Å². The standard InChI is InChI=1S/C17H17Cl2N/c1-10(2)13-6-7-14(17(19)16(13)18)12-5-8-15(20-9-12)11-3-4-11/h5-11H,3-4H2,1-2H3. The highest BCUT2D eigenvalue weighted by Crippen LogP contribution is 2.41. The summed E-state index contributed by atoms with van der Waals surface area (Å²) in [6.45, 7) is 4.23. The smallest absolute Gasteiger partial charge is 0.0674 e. The summed E-state index contributed by atoms with van der Waals surface area (Å²) in [6, 6.07) is 8.29. The van der Waals surface area contributed by atoms with Crippen molar-refractivity contribution in [3.63, 3.8) is 0 Å². The van der Waals surface area contributed by atoms with Gasteiger partial charge in [-0.3, -0.25) is 4.98 Å². The van der Waals surface area contributed by atoms with Gasteiger partial charge in [-0.15, -0.1) is 0 Å². The molecular formula is C17H17Cl2N. The summed E-state index contributed by atoms with van der Waals surface area (Å²) in [5.41, 5.74) is 4.25. The quantitative estimate of drug-likeness (QED) is 0.672. The van der Waals surface area contributed by atoms with E-state index < -0.39 is 0 Å². The first-order chi connectivity index (χ1) is 9.58. The summed E-state index contributed by atoms with van der Waals surface area (Å²) in [4.78, 5) is 4.54. The molecule has 0 atom stereocenters. The Morgan fingerprint density at radius 2 is 1.80 bits per heavy atom. The Kier molecular flexibility index (Phi) is 3.74. The lowest BCUT2D eigenvalue weighted by Crippen LogP contribution is -1.92. The predicted octanol–water partition coefficient (Wildman–Crippen LogP) is 6.06. The third-order valence-electron chi connectivity index (χ3n) is 3.83. The van der Waals surface area contributed by atoms with E-state index in [0.717, 1.165) is 16.7 Å². The minimum absolute atomic E-state index is 0.365. The number of halogens is 2. The van der Waals surface area contributed by atoms with Gasteiger partial charge in [0.25, 0.3) is 0 Å². The first kappa shape index (κ1) is 13.9. The molecule has 3 heteroatoms. The van der Waals surface area contributed by atoms with Crippen LogP contribution >= 0.6 is 23.2 Å². The number of hydrogen-bond donors (Lipinski definition) is 0. The van der Waals surface area contributed by atoms with Crippen LogP contribution in [0.15, 0.2) is 30.5 Å². The molecule has 0 saturated heterocycles. The van der Waals surface area contributed by atoms with E-state index in [1.54, 1.807) is 0 Å². The Hall–Kier alpha value is -1.05. The van der Waals surface area contributed by atoms with Crippen molar-refractivity contribution in [3.8, 4) is 11.1 Å². The fourth-order valence-electron chi connectivity index (χ4n) is 2.42. The van der Waals surface area contributed by atoms with Crippen LogP contribution in [0.2, 0.25) is 10.0 Å². The average Bonchev–Trinajstić information content (AvgIpc) is 3.26. The van der Waals surface area contributed by atoms with Crippen LogP contribution in [0, 0.1) is 0 Å². The number of rotatable bonds is 3. The maximum Gasteiger partial charge on any atom is 0.0674 e. The summed E-state index contributed by atoms with van der Waals surface area (Å²) in [6.07, 6.45) is 4.43. The van der Waals surface area contributed by atoms with Gasteiger partial charge in [0.2, 0.25) is 0 Å². The molecule has 1 nitrogen and oxygen atoms in total. The van der Waals surface area contributed by atoms with Gasteiger partial charge in [0.05, 0.1) is 10.0 Å². The molecule has 1 fully saturated rings. The van der Waals surface area contributed by atoms with E-state index in [9.17, 15) is 0 Å². The molecule has 0 radical (unpaired) electrons. The Bertz CT molecular complexity index is 628. The van der Waals surface area contributed by atoms with E-state index in [1.165, 1.54) is 18.5 Å². The molecule has 1 saturated carbocycles. The molecule has 0 unspecified atom stereocenters. The Morgan fingerprint density at radius 1 is 1.05 bits per heavy atom. The van der Waals surface area contributed by atoms with Crippen molar-refractivity contribution >= 4 is 23.2 Å². The Morgan fingerprint density at radius 3 is 2.35 bits per heavy atom. The molecule has 0 bridgehead atoms. The Balaban J connectivity index is 1.99. The van der Waals surface area contributed by atoms with Crippen LogP contribution in [-0.4, -0.2) is 4.98 Å². The first-order valence-corrected chi connectivity index (χ1v) is 7.77. The highest BCUT2D eigenvalue weighted by atomic mass is 35.5. The van der Waals surface area contributed by atoms with Crippen LogP contribution in [0.4, 0.5) is 0 Å². The van der Waals surface area contributed by atoms with Crippen LogP contribution in [-0.2, 0) is 0 Å². The average molecular weight is 306 g/mol. The maximum absolute atomic E-state index is 6.43. The van der Waals surface area contributed by atoms with E-state index in [-0.39, 0.29) is 0 Å². The highest BCUT2D eigenvalue weighted by molar-refractivity contribution is 6.44. The number of hydrogen-bond acceptors (Lipinski definition) is 1.